The van der Waals surface area contributed by atoms with E-state index in [2.05, 4.69) is 164 Å². The number of nitrogens with zero attached hydrogens (tertiary/aromatic N) is 3. The number of aromatic nitrogens is 2. The molecule has 0 N–H and O–H groups in total. The van der Waals surface area contributed by atoms with E-state index in [1.54, 1.807) is 11.3 Å². The number of halogens is 1. The van der Waals surface area contributed by atoms with Crippen molar-refractivity contribution in [3.05, 3.63) is 169 Å². The molecule has 3 heterocycles. The van der Waals surface area contributed by atoms with Crippen LogP contribution in [-0.2, 0) is 0 Å². The van der Waals surface area contributed by atoms with E-state index < -0.39 is 0 Å². The minimum Gasteiger partial charge on any atom is -0.343 e. The van der Waals surface area contributed by atoms with E-state index in [1.807, 2.05) is 23.5 Å². The molecule has 0 unspecified atom stereocenters. The Hall–Kier alpha value is -6.11. The predicted octanol–water partition coefficient (Wildman–Crippen LogP) is 14.9. The van der Waals surface area contributed by atoms with E-state index >= 15 is 0 Å². The van der Waals surface area contributed by atoms with Gasteiger partial charge in [-0.05, 0) is 62.5 Å². The first-order chi connectivity index (χ1) is 27.1. The quantitative estimate of drug-likeness (QED) is 0.175. The fraction of sp³-hybridized carbons (Fsp3) is 0.0204. The minimum absolute atomic E-state index is 0.417. The zero-order valence-electron chi connectivity index (χ0n) is 29.6. The van der Waals surface area contributed by atoms with Crippen molar-refractivity contribution in [3.8, 4) is 33.5 Å². The van der Waals surface area contributed by atoms with Gasteiger partial charge in [0.05, 0.1) is 10.4 Å². The molecule has 0 saturated heterocycles. The van der Waals surface area contributed by atoms with Crippen molar-refractivity contribution in [2.75, 3.05) is 11.9 Å². The van der Waals surface area contributed by atoms with Gasteiger partial charge in [0.2, 0.25) is 0 Å². The van der Waals surface area contributed by atoms with E-state index in [-0.39, 0.29) is 0 Å². The molecule has 0 aliphatic rings. The molecule has 0 bridgehead atoms. The zero-order valence-corrected chi connectivity index (χ0v) is 32.0. The molecule has 3 nitrogen and oxygen atoms in total. The van der Waals surface area contributed by atoms with Gasteiger partial charge in [-0.1, -0.05) is 151 Å². The van der Waals surface area contributed by atoms with Gasteiger partial charge in [-0.15, -0.1) is 22.7 Å². The van der Waals surface area contributed by atoms with Crippen molar-refractivity contribution < 1.29 is 0 Å². The van der Waals surface area contributed by atoms with Crippen molar-refractivity contribution >= 4 is 108 Å². The zero-order chi connectivity index (χ0) is 36.6. The average Bonchev–Trinajstić information content (AvgIpc) is 3.82. The molecule has 11 aromatic rings. The van der Waals surface area contributed by atoms with Gasteiger partial charge < -0.3 is 4.90 Å². The lowest BCUT2D eigenvalue weighted by atomic mass is 9.91. The first kappa shape index (κ1) is 32.3. The maximum Gasteiger partial charge on any atom is 0.156 e. The lowest BCUT2D eigenvalue weighted by molar-refractivity contribution is 1.23. The van der Waals surface area contributed by atoms with Crippen LogP contribution in [0.3, 0.4) is 0 Å². The highest BCUT2D eigenvalue weighted by Gasteiger charge is 2.24. The Morgan fingerprint density at radius 3 is 1.91 bits per heavy atom. The predicted molar refractivity (Wildman–Crippen MR) is 239 cm³/mol. The van der Waals surface area contributed by atoms with E-state index in [0.29, 0.717) is 10.8 Å². The van der Waals surface area contributed by atoms with Gasteiger partial charge in [0, 0.05) is 49.4 Å². The van der Waals surface area contributed by atoms with Crippen LogP contribution < -0.4 is 4.90 Å². The molecule has 260 valence electrons. The number of fused-ring (bicyclic) bond motifs is 10. The third-order valence-electron chi connectivity index (χ3n) is 10.8. The van der Waals surface area contributed by atoms with Crippen molar-refractivity contribution in [3.63, 3.8) is 0 Å². The molecule has 0 aliphatic carbocycles. The standard InChI is InChI=1S/C49H30ClN3S2/c1-53(34-26-23-30(24-27-34)29-19-21-33(22-20-29)44-48(50)51-45-38-17-9-10-18-39(38)55-49(45)52-44)46-41(32-12-3-2-4-13-32)36-15-7-8-16-37(36)43-42-35-14-6-5-11-31(35)25-28-40(42)54-47(43)46/h2-28H,1H3. The van der Waals surface area contributed by atoms with E-state index in [9.17, 15) is 0 Å². The molecule has 3 aromatic heterocycles. The summed E-state index contributed by atoms with van der Waals surface area (Å²) in [6.07, 6.45) is 0. The Morgan fingerprint density at radius 2 is 1.13 bits per heavy atom. The third-order valence-corrected chi connectivity index (χ3v) is 13.3. The van der Waals surface area contributed by atoms with Crippen LogP contribution in [0.4, 0.5) is 11.4 Å². The Labute approximate surface area is 330 Å². The van der Waals surface area contributed by atoms with Crippen molar-refractivity contribution in [1.82, 2.24) is 9.97 Å². The van der Waals surface area contributed by atoms with Gasteiger partial charge in [-0.2, -0.15) is 0 Å². The topological polar surface area (TPSA) is 29.0 Å². The number of hydrogen-bond acceptors (Lipinski definition) is 5. The smallest absolute Gasteiger partial charge is 0.156 e. The largest absolute Gasteiger partial charge is 0.343 e. The molecule has 8 aromatic carbocycles. The van der Waals surface area contributed by atoms with Gasteiger partial charge in [-0.25, -0.2) is 9.97 Å². The van der Waals surface area contributed by atoms with Crippen LogP contribution in [0.15, 0.2) is 164 Å². The average molecular weight is 760 g/mol. The van der Waals surface area contributed by atoms with Gasteiger partial charge in [0.15, 0.2) is 5.15 Å². The highest BCUT2D eigenvalue weighted by molar-refractivity contribution is 7.27. The van der Waals surface area contributed by atoms with E-state index in [1.165, 1.54) is 58.5 Å². The summed E-state index contributed by atoms with van der Waals surface area (Å²) in [4.78, 5) is 13.0. The summed E-state index contributed by atoms with van der Waals surface area (Å²) in [6.45, 7) is 0. The number of rotatable bonds is 5. The molecule has 0 radical (unpaired) electrons. The highest BCUT2D eigenvalue weighted by Crippen LogP contribution is 2.52. The molecule has 0 atom stereocenters. The monoisotopic (exact) mass is 759 g/mol. The van der Waals surface area contributed by atoms with Crippen LogP contribution in [0.2, 0.25) is 5.15 Å². The molecule has 55 heavy (non-hydrogen) atoms. The second kappa shape index (κ2) is 12.7. The van der Waals surface area contributed by atoms with E-state index in [0.717, 1.165) is 42.8 Å². The second-order valence-corrected chi connectivity index (χ2v) is 16.3. The fourth-order valence-electron chi connectivity index (χ4n) is 8.18. The molecule has 0 aliphatic heterocycles. The van der Waals surface area contributed by atoms with Crippen molar-refractivity contribution in [1.29, 1.82) is 0 Å². The van der Waals surface area contributed by atoms with Gasteiger partial charge in [0.25, 0.3) is 0 Å². The summed E-state index contributed by atoms with van der Waals surface area (Å²) < 4.78 is 3.75. The summed E-state index contributed by atoms with van der Waals surface area (Å²) in [6, 6.07) is 58.7. The molecular formula is C49H30ClN3S2. The lowest BCUT2D eigenvalue weighted by Crippen LogP contribution is -2.11. The molecule has 0 saturated carbocycles. The normalized spacial score (nSPS) is 11.8. The summed E-state index contributed by atoms with van der Waals surface area (Å²) in [5.41, 5.74) is 9.56. The summed E-state index contributed by atoms with van der Waals surface area (Å²) in [5.74, 6) is 0. The number of anilines is 2. The third kappa shape index (κ3) is 5.15. The maximum absolute atomic E-state index is 6.74. The number of hydrogen-bond donors (Lipinski definition) is 0. The maximum atomic E-state index is 6.74. The molecule has 0 fully saturated rings. The van der Waals surface area contributed by atoms with Crippen LogP contribution in [0.5, 0.6) is 0 Å². The van der Waals surface area contributed by atoms with Crippen LogP contribution in [-0.4, -0.2) is 17.0 Å². The Balaban J connectivity index is 1.02. The Kier molecular flexibility index (Phi) is 7.49. The summed E-state index contributed by atoms with van der Waals surface area (Å²) in [7, 11) is 2.21. The molecule has 6 heteroatoms. The molecule has 0 amide bonds. The Bertz CT molecular complexity index is 3280. The lowest BCUT2D eigenvalue weighted by Gasteiger charge is -2.26. The SMILES string of the molecule is CN(c1ccc(-c2ccc(-c3nc4sc5ccccc5c4nc3Cl)cc2)cc1)c1c(-c2ccccc2)c2ccccc2c2c1sc1ccc3ccccc3c12. The van der Waals surface area contributed by atoms with Crippen LogP contribution >= 0.6 is 34.3 Å². The van der Waals surface area contributed by atoms with Gasteiger partial charge >= 0.3 is 0 Å². The first-order valence-electron chi connectivity index (χ1n) is 18.2. The first-order valence-corrected chi connectivity index (χ1v) is 20.3. The van der Waals surface area contributed by atoms with Gasteiger partial charge in [-0.3, -0.25) is 0 Å². The number of benzene rings is 8. The highest BCUT2D eigenvalue weighted by atomic mass is 35.5. The van der Waals surface area contributed by atoms with Crippen LogP contribution in [0, 0.1) is 0 Å². The summed E-state index contributed by atoms with van der Waals surface area (Å²) >= 11 is 10.3. The van der Waals surface area contributed by atoms with Crippen molar-refractivity contribution in [2.24, 2.45) is 0 Å². The van der Waals surface area contributed by atoms with Crippen LogP contribution in [0.25, 0.3) is 95.7 Å². The van der Waals surface area contributed by atoms with Crippen molar-refractivity contribution in [2.45, 2.75) is 0 Å². The molecular weight excluding hydrogens is 730 g/mol. The van der Waals surface area contributed by atoms with Gasteiger partial charge in [0.1, 0.15) is 16.0 Å². The summed E-state index contributed by atoms with van der Waals surface area (Å²) in [5, 5.41) is 9.25. The fourth-order valence-corrected chi connectivity index (χ4v) is 10.8. The Morgan fingerprint density at radius 1 is 0.491 bits per heavy atom. The second-order valence-electron chi connectivity index (χ2n) is 13.9. The molecule has 0 spiro atoms. The number of thiophene rings is 2. The molecule has 11 rings (SSSR count). The minimum atomic E-state index is 0.417. The van der Waals surface area contributed by atoms with E-state index in [4.69, 9.17) is 21.6 Å². The van der Waals surface area contributed by atoms with Crippen LogP contribution in [0.1, 0.15) is 0 Å².